The maximum atomic E-state index is 15.8. The summed E-state index contributed by atoms with van der Waals surface area (Å²) in [5.74, 6) is 0.0194. The molecule has 0 saturated carbocycles. The van der Waals surface area contributed by atoms with E-state index in [2.05, 4.69) is 25.3 Å². The van der Waals surface area contributed by atoms with Crippen molar-refractivity contribution in [1.29, 1.82) is 0 Å². The van der Waals surface area contributed by atoms with Crippen molar-refractivity contribution in [2.75, 3.05) is 5.32 Å². The summed E-state index contributed by atoms with van der Waals surface area (Å²) in [5.41, 5.74) is 3.85. The van der Waals surface area contributed by atoms with Gasteiger partial charge < -0.3 is 14.6 Å². The van der Waals surface area contributed by atoms with E-state index in [-0.39, 0.29) is 24.0 Å². The third-order valence-electron chi connectivity index (χ3n) is 5.97. The van der Waals surface area contributed by atoms with E-state index in [0.717, 1.165) is 22.2 Å². The molecular weight excluding hydrogens is 453 g/mol. The first-order valence-corrected chi connectivity index (χ1v) is 10.6. The molecule has 0 amide bonds. The predicted molar refractivity (Wildman–Crippen MR) is 125 cm³/mol. The lowest BCUT2D eigenvalue weighted by Gasteiger charge is -2.14. The smallest absolute Gasteiger partial charge is 0.321 e. The van der Waals surface area contributed by atoms with Gasteiger partial charge in [-0.3, -0.25) is 10.1 Å². The molecule has 5 aromatic rings. The molecule has 0 fully saturated rings. The molecule has 1 aliphatic heterocycles. The Morgan fingerprint density at radius 3 is 2.60 bits per heavy atom. The molecule has 0 radical (unpaired) electrons. The third kappa shape index (κ3) is 3.24. The summed E-state index contributed by atoms with van der Waals surface area (Å²) in [4.78, 5) is 27.6. The highest BCUT2D eigenvalue weighted by molar-refractivity contribution is 6.09. The van der Waals surface area contributed by atoms with Gasteiger partial charge in [-0.25, -0.2) is 24.3 Å². The summed E-state index contributed by atoms with van der Waals surface area (Å²) in [6, 6.07) is 11.2. The zero-order chi connectivity index (χ0) is 24.1. The maximum Gasteiger partial charge on any atom is 0.321 e. The highest BCUT2D eigenvalue weighted by atomic mass is 19.1. The number of hydrogen-bond donors (Lipinski definition) is 1. The average Bonchev–Trinajstić information content (AvgIpc) is 3.06. The molecule has 10 nitrogen and oxygen atoms in total. The van der Waals surface area contributed by atoms with Crippen molar-refractivity contribution in [3.05, 3.63) is 82.7 Å². The van der Waals surface area contributed by atoms with Crippen LogP contribution < -0.4 is 10.1 Å². The molecule has 0 unspecified atom stereocenters. The molecule has 0 spiro atoms. The summed E-state index contributed by atoms with van der Waals surface area (Å²) in [5, 5.41) is 15.1. The molecule has 1 aliphatic rings. The van der Waals surface area contributed by atoms with Gasteiger partial charge in [0.1, 0.15) is 17.8 Å². The Balaban J connectivity index is 1.58. The minimum absolute atomic E-state index is 0.00199. The topological polar surface area (TPSA) is 121 Å². The van der Waals surface area contributed by atoms with E-state index >= 15 is 4.39 Å². The number of ether oxygens (including phenoxy) is 1. The molecule has 35 heavy (non-hydrogen) atoms. The van der Waals surface area contributed by atoms with Crippen molar-refractivity contribution in [2.45, 2.75) is 6.54 Å². The average molecular weight is 469 g/mol. The summed E-state index contributed by atoms with van der Waals surface area (Å²) in [6.07, 6.45) is 4.47. The fourth-order valence-corrected chi connectivity index (χ4v) is 4.42. The number of nitrogens with one attached hydrogen (secondary N) is 1. The van der Waals surface area contributed by atoms with Gasteiger partial charge in [0.25, 0.3) is 5.69 Å². The summed E-state index contributed by atoms with van der Waals surface area (Å²) in [6.45, 7) is 0.165. The van der Waals surface area contributed by atoms with Crippen LogP contribution in [0.1, 0.15) is 5.56 Å². The van der Waals surface area contributed by atoms with Crippen LogP contribution in [-0.2, 0) is 13.6 Å². The lowest BCUT2D eigenvalue weighted by Crippen LogP contribution is -2.06. The molecule has 172 valence electrons. The fourth-order valence-electron chi connectivity index (χ4n) is 4.42. The van der Waals surface area contributed by atoms with Crippen molar-refractivity contribution >= 4 is 22.5 Å². The molecule has 2 aromatic carbocycles. The summed E-state index contributed by atoms with van der Waals surface area (Å²) in [7, 11) is 1.85. The van der Waals surface area contributed by atoms with Crippen molar-refractivity contribution in [3.8, 4) is 34.1 Å². The molecule has 6 rings (SSSR count). The fraction of sp³-hybridized carbons (Fsp3) is 0.0833. The van der Waals surface area contributed by atoms with Gasteiger partial charge >= 0.3 is 6.01 Å². The van der Waals surface area contributed by atoms with E-state index in [1.807, 2.05) is 11.6 Å². The molecule has 0 atom stereocenters. The van der Waals surface area contributed by atoms with Gasteiger partial charge in [-0.2, -0.15) is 0 Å². The number of non-ortho nitro benzene ring substituents is 1. The molecule has 0 aliphatic carbocycles. The van der Waals surface area contributed by atoms with Crippen LogP contribution in [0.4, 0.5) is 15.9 Å². The van der Waals surface area contributed by atoms with Crippen LogP contribution in [-0.4, -0.2) is 29.4 Å². The summed E-state index contributed by atoms with van der Waals surface area (Å²) >= 11 is 0. The van der Waals surface area contributed by atoms with Crippen LogP contribution in [0.5, 0.6) is 11.8 Å². The highest BCUT2D eigenvalue weighted by Gasteiger charge is 2.29. The van der Waals surface area contributed by atoms with Gasteiger partial charge in [-0.05, 0) is 35.4 Å². The zero-order valence-electron chi connectivity index (χ0n) is 18.3. The van der Waals surface area contributed by atoms with Crippen LogP contribution in [0.25, 0.3) is 33.4 Å². The van der Waals surface area contributed by atoms with E-state index in [4.69, 9.17) is 4.74 Å². The van der Waals surface area contributed by atoms with Crippen LogP contribution >= 0.6 is 0 Å². The number of rotatable bonds is 4. The number of halogens is 1. The van der Waals surface area contributed by atoms with Gasteiger partial charge in [-0.1, -0.05) is 6.07 Å². The number of hydrogen-bond acceptors (Lipinski definition) is 8. The number of nitro groups is 1. The maximum absolute atomic E-state index is 15.8. The van der Waals surface area contributed by atoms with Crippen molar-refractivity contribution in [3.63, 3.8) is 0 Å². The Bertz CT molecular complexity index is 1620. The molecule has 11 heteroatoms. The minimum Gasteiger partial charge on any atom is -0.421 e. The predicted octanol–water partition coefficient (Wildman–Crippen LogP) is 4.86. The molecule has 1 N–H and O–H groups in total. The number of anilines is 1. The monoisotopic (exact) mass is 469 g/mol. The molecule has 0 saturated heterocycles. The number of aryl methyl sites for hydroxylation is 1. The second kappa shape index (κ2) is 7.83. The van der Waals surface area contributed by atoms with E-state index in [1.165, 1.54) is 36.9 Å². The number of nitrogens with zero attached hydrogens (tertiary/aromatic N) is 6. The Hall–Kier alpha value is -4.93. The molecule has 3 aromatic heterocycles. The molecule has 4 heterocycles. The number of fused-ring (bicyclic) bond motifs is 2. The Morgan fingerprint density at radius 1 is 1.09 bits per heavy atom. The van der Waals surface area contributed by atoms with Gasteiger partial charge in [-0.15, -0.1) is 0 Å². The minimum atomic E-state index is -0.546. The van der Waals surface area contributed by atoms with Crippen LogP contribution in [0, 0.1) is 15.9 Å². The Labute approximate surface area is 197 Å². The second-order valence-corrected chi connectivity index (χ2v) is 7.90. The van der Waals surface area contributed by atoms with Crippen LogP contribution in [0.2, 0.25) is 0 Å². The number of nitro benzene ring substituents is 1. The first-order valence-electron chi connectivity index (χ1n) is 10.6. The molecular formula is C24H16FN7O3. The summed E-state index contributed by atoms with van der Waals surface area (Å²) < 4.78 is 23.3. The number of aromatic nitrogens is 5. The third-order valence-corrected chi connectivity index (χ3v) is 5.97. The standard InChI is InChI=1S/C24H16FN7O3/c1-31-21(13-3-5-14(6-4-13)32(33)34)18-15-7-8-17(35-24-26-9-2-10-27-24)20(25)16(15)11-28-22-19(18)23(31)30-12-29-22/h2-10,12H,11H2,1H3,(H,28,29,30). The van der Waals surface area contributed by atoms with Gasteiger partial charge in [0.15, 0.2) is 11.6 Å². The lowest BCUT2D eigenvalue weighted by molar-refractivity contribution is -0.384. The van der Waals surface area contributed by atoms with E-state index in [0.29, 0.717) is 22.6 Å². The largest absolute Gasteiger partial charge is 0.421 e. The molecule has 0 bridgehead atoms. The Morgan fingerprint density at radius 2 is 1.86 bits per heavy atom. The van der Waals surface area contributed by atoms with Crippen molar-refractivity contribution in [1.82, 2.24) is 24.5 Å². The van der Waals surface area contributed by atoms with Gasteiger partial charge in [0, 0.05) is 49.2 Å². The first kappa shape index (κ1) is 20.7. The van der Waals surface area contributed by atoms with E-state index < -0.39 is 10.7 Å². The quantitative estimate of drug-likeness (QED) is 0.293. The van der Waals surface area contributed by atoms with Crippen molar-refractivity contribution < 1.29 is 14.1 Å². The highest BCUT2D eigenvalue weighted by Crippen LogP contribution is 2.46. The first-order chi connectivity index (χ1) is 17.0. The van der Waals surface area contributed by atoms with Gasteiger partial charge in [0.05, 0.1) is 16.0 Å². The van der Waals surface area contributed by atoms with Crippen molar-refractivity contribution in [2.24, 2.45) is 7.05 Å². The number of benzene rings is 2. The SMILES string of the molecule is Cn1c(-c2ccc([N+](=O)[O-])cc2)c2c3c(ncnc31)NCc1c-2ccc(Oc2ncccn2)c1F. The van der Waals surface area contributed by atoms with Crippen LogP contribution in [0.15, 0.2) is 61.2 Å². The van der Waals surface area contributed by atoms with E-state index in [9.17, 15) is 10.1 Å². The second-order valence-electron chi connectivity index (χ2n) is 7.90. The van der Waals surface area contributed by atoms with Gasteiger partial charge in [0.2, 0.25) is 0 Å². The Kier molecular flexibility index (Phi) is 4.62. The zero-order valence-corrected chi connectivity index (χ0v) is 18.3. The van der Waals surface area contributed by atoms with Crippen LogP contribution in [0.3, 0.4) is 0 Å². The normalized spacial score (nSPS) is 12.1. The van der Waals surface area contributed by atoms with E-state index in [1.54, 1.807) is 24.3 Å². The lowest BCUT2D eigenvalue weighted by atomic mass is 9.95.